The van der Waals surface area contributed by atoms with Crippen LogP contribution in [0.4, 0.5) is 0 Å². The second-order valence-electron chi connectivity index (χ2n) is 12.2. The number of rotatable bonds is 15. The number of nitrogens with zero attached hydrogens (tertiary/aromatic N) is 3. The van der Waals surface area contributed by atoms with Crippen molar-refractivity contribution in [3.8, 4) is 0 Å². The quantitative estimate of drug-likeness (QED) is 0.213. The summed E-state index contributed by atoms with van der Waals surface area (Å²) in [5, 5.41) is 21.8. The van der Waals surface area contributed by atoms with Gasteiger partial charge in [0.25, 0.3) is 5.91 Å². The molecule has 9 heteroatoms. The summed E-state index contributed by atoms with van der Waals surface area (Å²) in [6, 6.07) is 0. The third kappa shape index (κ3) is 11.9. The molecule has 0 saturated heterocycles. The predicted octanol–water partition coefficient (Wildman–Crippen LogP) is 5.59. The number of fused-ring (bicyclic) bond motifs is 1. The Hall–Kier alpha value is -3.04. The van der Waals surface area contributed by atoms with Crippen molar-refractivity contribution in [2.24, 2.45) is 15.5 Å². The number of hydrazone groups is 1. The van der Waals surface area contributed by atoms with Crippen LogP contribution in [0.5, 0.6) is 0 Å². The van der Waals surface area contributed by atoms with Crippen LogP contribution >= 0.6 is 0 Å². The van der Waals surface area contributed by atoms with E-state index in [0.29, 0.717) is 25.5 Å². The monoisotopic (exact) mass is 597 g/mol. The molecule has 2 heterocycles. The Bertz CT molecular complexity index is 1110. The Morgan fingerprint density at radius 1 is 1.12 bits per heavy atom. The molecule has 3 aliphatic rings. The second-order valence-corrected chi connectivity index (χ2v) is 12.2. The van der Waals surface area contributed by atoms with E-state index in [9.17, 15) is 14.7 Å². The molecule has 0 spiro atoms. The second kappa shape index (κ2) is 18.6. The molecule has 0 aromatic heterocycles. The molecule has 0 saturated carbocycles. The van der Waals surface area contributed by atoms with Crippen LogP contribution in [0.3, 0.4) is 0 Å². The van der Waals surface area contributed by atoms with Gasteiger partial charge in [-0.1, -0.05) is 89.2 Å². The number of methoxy groups -OCH3 is 1. The van der Waals surface area contributed by atoms with E-state index in [0.717, 1.165) is 61.9 Å². The number of unbranched alkanes of at least 4 members (excludes halogenated alkanes) is 5. The van der Waals surface area contributed by atoms with E-state index in [1.54, 1.807) is 13.2 Å². The van der Waals surface area contributed by atoms with Crippen molar-refractivity contribution < 1.29 is 19.4 Å². The SMILES string of the molecule is CC1=CC(=O)N2N=C(C3=CC=CCC=C3)CN=C2CN1.CCCCCCCC(C)(COC)C(=O)NC(C)(CO)CCCC. The highest BCUT2D eigenvalue weighted by molar-refractivity contribution is 6.12. The number of aliphatic hydroxyl groups excluding tert-OH is 1. The van der Waals surface area contributed by atoms with E-state index < -0.39 is 11.0 Å². The van der Waals surface area contributed by atoms with Gasteiger partial charge in [-0.3, -0.25) is 14.6 Å². The number of hydrogen-bond acceptors (Lipinski definition) is 7. The number of aliphatic hydroxyl groups is 1. The number of aliphatic imine (C=N–C) groups is 1. The normalized spacial score (nSPS) is 19.0. The fraction of sp³-hybridized carbons (Fsp3) is 0.647. The number of amidine groups is 1. The maximum absolute atomic E-state index is 12.8. The van der Waals surface area contributed by atoms with Crippen molar-refractivity contribution in [1.82, 2.24) is 15.6 Å². The molecule has 2 unspecified atom stereocenters. The van der Waals surface area contributed by atoms with Crippen LogP contribution in [0, 0.1) is 5.41 Å². The first-order valence-electron chi connectivity index (χ1n) is 15.9. The van der Waals surface area contributed by atoms with E-state index in [1.807, 2.05) is 39.0 Å². The van der Waals surface area contributed by atoms with Gasteiger partial charge in [-0.2, -0.15) is 10.1 Å². The zero-order valence-electron chi connectivity index (χ0n) is 27.4. The first-order valence-corrected chi connectivity index (χ1v) is 15.9. The van der Waals surface area contributed by atoms with Gasteiger partial charge in [0, 0.05) is 18.9 Å². The first kappa shape index (κ1) is 36.2. The number of amides is 2. The molecule has 2 atom stereocenters. The van der Waals surface area contributed by atoms with Crippen molar-refractivity contribution in [3.63, 3.8) is 0 Å². The van der Waals surface area contributed by atoms with Crippen molar-refractivity contribution in [2.45, 2.75) is 104 Å². The highest BCUT2D eigenvalue weighted by Gasteiger charge is 2.37. The van der Waals surface area contributed by atoms with Gasteiger partial charge in [0.15, 0.2) is 0 Å². The summed E-state index contributed by atoms with van der Waals surface area (Å²) in [5.41, 5.74) is 1.60. The van der Waals surface area contributed by atoms with E-state index in [2.05, 4.69) is 46.7 Å². The lowest BCUT2D eigenvalue weighted by Crippen LogP contribution is -2.54. The fourth-order valence-electron chi connectivity index (χ4n) is 5.05. The highest BCUT2D eigenvalue weighted by atomic mass is 16.5. The molecule has 1 aliphatic carbocycles. The summed E-state index contributed by atoms with van der Waals surface area (Å²) in [7, 11) is 1.64. The van der Waals surface area contributed by atoms with Gasteiger partial charge in [-0.25, -0.2) is 0 Å². The van der Waals surface area contributed by atoms with Crippen LogP contribution in [0.15, 0.2) is 57.8 Å². The van der Waals surface area contributed by atoms with Gasteiger partial charge in [-0.15, -0.1) is 0 Å². The highest BCUT2D eigenvalue weighted by Crippen LogP contribution is 2.27. The van der Waals surface area contributed by atoms with Crippen LogP contribution in [0.1, 0.15) is 98.8 Å². The third-order valence-corrected chi connectivity index (χ3v) is 7.95. The maximum Gasteiger partial charge on any atom is 0.274 e. The van der Waals surface area contributed by atoms with Crippen LogP contribution in [0.25, 0.3) is 0 Å². The molecule has 0 aromatic rings. The molecule has 3 N–H and O–H groups in total. The standard InChI is InChI=1S/C19H39NO3.C15H16N4O/c1-6-8-10-11-12-13-18(3,16-23-5)17(22)20-19(4,15-21)14-9-7-2;1-11-8-15(20)19-14(10-16-11)17-9-13(18-19)12-6-4-2-3-5-7-12/h21H,6-16H2,1-5H3,(H,20,22);2,4-8,16H,3,9-10H2,1H3. The Kier molecular flexibility index (Phi) is 15.6. The molecular weight excluding hydrogens is 542 g/mol. The Morgan fingerprint density at radius 2 is 1.86 bits per heavy atom. The van der Waals surface area contributed by atoms with E-state index >= 15 is 0 Å². The molecular formula is C34H55N5O4. The topological polar surface area (TPSA) is 116 Å². The van der Waals surface area contributed by atoms with Crippen molar-refractivity contribution in [1.29, 1.82) is 0 Å². The lowest BCUT2D eigenvalue weighted by atomic mass is 9.82. The minimum Gasteiger partial charge on any atom is -0.394 e. The Morgan fingerprint density at radius 3 is 2.56 bits per heavy atom. The zero-order chi connectivity index (χ0) is 31.7. The Labute approximate surface area is 259 Å². The molecule has 2 aliphatic heterocycles. The minimum atomic E-state index is -0.537. The first-order chi connectivity index (χ1) is 20.6. The summed E-state index contributed by atoms with van der Waals surface area (Å²) in [6.07, 6.45) is 22.2. The van der Waals surface area contributed by atoms with Gasteiger partial charge in [0.05, 0.1) is 43.0 Å². The Balaban J connectivity index is 0.000000302. The number of carbonyl (C=O) groups is 2. The molecule has 2 amide bonds. The summed E-state index contributed by atoms with van der Waals surface area (Å²) < 4.78 is 5.31. The van der Waals surface area contributed by atoms with Crippen LogP contribution in [0.2, 0.25) is 0 Å². The van der Waals surface area contributed by atoms with Crippen LogP contribution in [-0.4, -0.2) is 72.4 Å². The van der Waals surface area contributed by atoms with Gasteiger partial charge >= 0.3 is 0 Å². The smallest absolute Gasteiger partial charge is 0.274 e. The molecule has 9 nitrogen and oxygen atoms in total. The summed E-state index contributed by atoms with van der Waals surface area (Å²) in [6.45, 7) is 11.5. The predicted molar refractivity (Wildman–Crippen MR) is 176 cm³/mol. The molecule has 0 radical (unpaired) electrons. The van der Waals surface area contributed by atoms with Gasteiger partial charge in [0.1, 0.15) is 5.84 Å². The molecule has 43 heavy (non-hydrogen) atoms. The zero-order valence-corrected chi connectivity index (χ0v) is 27.4. The van der Waals surface area contributed by atoms with Crippen molar-refractivity contribution >= 4 is 23.4 Å². The third-order valence-electron chi connectivity index (χ3n) is 7.95. The van der Waals surface area contributed by atoms with Gasteiger partial charge in [0.2, 0.25) is 5.91 Å². The number of ether oxygens (including phenoxy) is 1. The molecule has 0 aromatic carbocycles. The minimum absolute atomic E-state index is 0.00231. The molecule has 0 bridgehead atoms. The van der Waals surface area contributed by atoms with Crippen LogP contribution < -0.4 is 10.6 Å². The van der Waals surface area contributed by atoms with Gasteiger partial charge in [-0.05, 0) is 45.6 Å². The molecule has 0 fully saturated rings. The van der Waals surface area contributed by atoms with E-state index in [-0.39, 0.29) is 18.4 Å². The average molecular weight is 598 g/mol. The number of nitrogens with one attached hydrogen (secondary N) is 2. The summed E-state index contributed by atoms with van der Waals surface area (Å²) in [5.74, 6) is 0.514. The van der Waals surface area contributed by atoms with E-state index in [4.69, 9.17) is 4.74 Å². The van der Waals surface area contributed by atoms with Gasteiger partial charge < -0.3 is 20.5 Å². The fourth-order valence-corrected chi connectivity index (χ4v) is 5.05. The summed E-state index contributed by atoms with van der Waals surface area (Å²) in [4.78, 5) is 29.4. The van der Waals surface area contributed by atoms with Crippen molar-refractivity contribution in [2.75, 3.05) is 33.4 Å². The van der Waals surface area contributed by atoms with Crippen molar-refractivity contribution in [3.05, 3.63) is 47.7 Å². The number of allylic oxidation sites excluding steroid dienone is 6. The lowest BCUT2D eigenvalue weighted by Gasteiger charge is -2.35. The molecule has 3 rings (SSSR count). The maximum atomic E-state index is 12.8. The number of carbonyl (C=O) groups excluding carboxylic acids is 2. The number of hydrogen-bond donors (Lipinski definition) is 3. The molecule has 240 valence electrons. The van der Waals surface area contributed by atoms with Crippen LogP contribution in [-0.2, 0) is 14.3 Å². The average Bonchev–Trinajstić information content (AvgIpc) is 3.35. The van der Waals surface area contributed by atoms with E-state index in [1.165, 1.54) is 24.3 Å². The lowest BCUT2D eigenvalue weighted by molar-refractivity contribution is -0.136. The summed E-state index contributed by atoms with van der Waals surface area (Å²) >= 11 is 0. The largest absolute Gasteiger partial charge is 0.394 e.